The van der Waals surface area contributed by atoms with E-state index in [1.54, 1.807) is 0 Å². The van der Waals surface area contributed by atoms with Crippen LogP contribution >= 0.6 is 0 Å². The number of hydrogen-bond donors (Lipinski definition) is 0. The zero-order valence-corrected chi connectivity index (χ0v) is 8.98. The molecule has 0 radical (unpaired) electrons. The SMILES string of the molecule is CCN1CC[CH-]CC1.[Y+3]. The first kappa shape index (κ1) is 10.1. The van der Waals surface area contributed by atoms with Crippen molar-refractivity contribution in [2.75, 3.05) is 19.6 Å². The molecule has 48 valence electrons. The maximum atomic E-state index is 2.49. The van der Waals surface area contributed by atoms with Crippen LogP contribution in [0.15, 0.2) is 0 Å². The van der Waals surface area contributed by atoms with Crippen molar-refractivity contribution in [3.8, 4) is 0 Å². The maximum absolute atomic E-state index is 2.49. The zero-order chi connectivity index (χ0) is 5.82. The summed E-state index contributed by atoms with van der Waals surface area (Å²) in [7, 11) is 0. The zero-order valence-electron chi connectivity index (χ0n) is 6.14. The molecular formula is C7H14NY+2. The molecule has 0 aliphatic carbocycles. The molecule has 0 aromatic carbocycles. The van der Waals surface area contributed by atoms with Gasteiger partial charge in [0.15, 0.2) is 0 Å². The fraction of sp³-hybridized carbons (Fsp3) is 0.857. The Kier molecular flexibility index (Phi) is 6.51. The molecule has 1 aliphatic rings. The Labute approximate surface area is 83.1 Å². The largest absolute Gasteiger partial charge is 3.00 e. The standard InChI is InChI=1S/C7H14N.Y/c1-2-8-6-4-3-5-7-8;/h3H,2,4-7H2,1H3;/q-1;+3. The van der Waals surface area contributed by atoms with E-state index in [4.69, 9.17) is 0 Å². The molecule has 0 saturated carbocycles. The van der Waals surface area contributed by atoms with Crippen LogP contribution < -0.4 is 0 Å². The smallest absolute Gasteiger partial charge is 0.326 e. The van der Waals surface area contributed by atoms with E-state index in [0.717, 1.165) is 0 Å². The molecule has 0 aromatic rings. The Morgan fingerprint density at radius 1 is 1.33 bits per heavy atom. The predicted molar refractivity (Wildman–Crippen MR) is 35.6 cm³/mol. The molecule has 0 N–H and O–H groups in total. The molecule has 1 aliphatic heterocycles. The quantitative estimate of drug-likeness (QED) is 0.578. The minimum absolute atomic E-state index is 0. The van der Waals surface area contributed by atoms with E-state index < -0.39 is 0 Å². The van der Waals surface area contributed by atoms with Gasteiger partial charge in [0, 0.05) is 0 Å². The van der Waals surface area contributed by atoms with Crippen LogP contribution in [-0.2, 0) is 32.7 Å². The van der Waals surface area contributed by atoms with E-state index >= 15 is 0 Å². The fourth-order valence-electron chi connectivity index (χ4n) is 1.12. The molecule has 0 spiro atoms. The second-order valence-corrected chi connectivity index (χ2v) is 2.30. The second kappa shape index (κ2) is 5.82. The Hall–Kier alpha value is 1.06. The second-order valence-electron chi connectivity index (χ2n) is 2.30. The number of hydrogen-bond acceptors (Lipinski definition) is 1. The Bertz CT molecular complexity index is 59.9. The van der Waals surface area contributed by atoms with Gasteiger partial charge in [0.2, 0.25) is 0 Å². The summed E-state index contributed by atoms with van der Waals surface area (Å²) < 4.78 is 0. The van der Waals surface area contributed by atoms with Crippen LogP contribution in [0.4, 0.5) is 0 Å². The van der Waals surface area contributed by atoms with Crippen LogP contribution in [0.25, 0.3) is 0 Å². The van der Waals surface area contributed by atoms with Crippen molar-refractivity contribution >= 4 is 0 Å². The summed E-state index contributed by atoms with van der Waals surface area (Å²) in [6, 6.07) is 0. The number of nitrogens with zero attached hydrogens (tertiary/aromatic N) is 1. The molecule has 0 atom stereocenters. The van der Waals surface area contributed by atoms with Gasteiger partial charge in [0.05, 0.1) is 0 Å². The number of piperidine rings is 1. The van der Waals surface area contributed by atoms with Gasteiger partial charge in [0.1, 0.15) is 0 Å². The van der Waals surface area contributed by atoms with Crippen LogP contribution in [-0.4, -0.2) is 24.5 Å². The van der Waals surface area contributed by atoms with E-state index in [0.29, 0.717) is 0 Å². The molecule has 0 bridgehead atoms. The average molecular weight is 201 g/mol. The summed E-state index contributed by atoms with van der Waals surface area (Å²) in [6.45, 7) is 6.03. The Balaban J connectivity index is 0.000000640. The molecule has 0 amide bonds. The van der Waals surface area contributed by atoms with Crippen molar-refractivity contribution in [2.45, 2.75) is 19.8 Å². The summed E-state index contributed by atoms with van der Waals surface area (Å²) >= 11 is 0. The average Bonchev–Trinajstić information content (AvgIpc) is 1.90. The van der Waals surface area contributed by atoms with Gasteiger partial charge in [0.25, 0.3) is 0 Å². The molecule has 9 heavy (non-hydrogen) atoms. The molecule has 1 saturated heterocycles. The van der Waals surface area contributed by atoms with Gasteiger partial charge in [-0.3, -0.25) is 0 Å². The van der Waals surface area contributed by atoms with Crippen LogP contribution in [0.2, 0.25) is 0 Å². The molecular weight excluding hydrogens is 187 g/mol. The number of rotatable bonds is 1. The topological polar surface area (TPSA) is 3.24 Å². The van der Waals surface area contributed by atoms with Crippen LogP contribution in [0.1, 0.15) is 19.8 Å². The first-order chi connectivity index (χ1) is 3.93. The fourth-order valence-corrected chi connectivity index (χ4v) is 1.12. The van der Waals surface area contributed by atoms with E-state index in [-0.39, 0.29) is 32.7 Å². The van der Waals surface area contributed by atoms with Crippen molar-refractivity contribution in [1.82, 2.24) is 4.90 Å². The molecule has 2 heteroatoms. The summed E-state index contributed by atoms with van der Waals surface area (Å²) in [5.74, 6) is 0. The maximum Gasteiger partial charge on any atom is 3.00 e. The van der Waals surface area contributed by atoms with Crippen LogP contribution in [0.5, 0.6) is 0 Å². The molecule has 1 rings (SSSR count). The van der Waals surface area contributed by atoms with E-state index in [9.17, 15) is 0 Å². The minimum atomic E-state index is 0. The van der Waals surface area contributed by atoms with Crippen LogP contribution in [0, 0.1) is 6.42 Å². The van der Waals surface area contributed by atoms with Crippen molar-refractivity contribution in [1.29, 1.82) is 0 Å². The third kappa shape index (κ3) is 3.69. The Morgan fingerprint density at radius 2 is 1.89 bits per heavy atom. The molecule has 0 unspecified atom stereocenters. The molecule has 1 heterocycles. The van der Waals surface area contributed by atoms with Crippen molar-refractivity contribution in [2.24, 2.45) is 0 Å². The van der Waals surface area contributed by atoms with E-state index in [1.165, 1.54) is 32.5 Å². The van der Waals surface area contributed by atoms with Gasteiger partial charge in [-0.05, 0) is 19.6 Å². The van der Waals surface area contributed by atoms with Gasteiger partial charge in [-0.2, -0.15) is 12.8 Å². The van der Waals surface area contributed by atoms with Gasteiger partial charge in [-0.15, -0.1) is 0 Å². The van der Waals surface area contributed by atoms with Gasteiger partial charge < -0.3 is 11.3 Å². The summed E-state index contributed by atoms with van der Waals surface area (Å²) in [6.07, 6.45) is 4.98. The molecule has 1 fully saturated rings. The van der Waals surface area contributed by atoms with Gasteiger partial charge in [-0.1, -0.05) is 6.92 Å². The monoisotopic (exact) mass is 201 g/mol. The van der Waals surface area contributed by atoms with Gasteiger partial charge >= 0.3 is 32.7 Å². The summed E-state index contributed by atoms with van der Waals surface area (Å²) in [5, 5.41) is 0. The minimum Gasteiger partial charge on any atom is -0.326 e. The van der Waals surface area contributed by atoms with Crippen molar-refractivity contribution in [3.05, 3.63) is 6.42 Å². The first-order valence-corrected chi connectivity index (χ1v) is 3.47. The van der Waals surface area contributed by atoms with E-state index in [2.05, 4.69) is 18.2 Å². The van der Waals surface area contributed by atoms with Crippen molar-refractivity contribution in [3.63, 3.8) is 0 Å². The molecule has 0 aromatic heterocycles. The summed E-state index contributed by atoms with van der Waals surface area (Å²) in [5.41, 5.74) is 0. The van der Waals surface area contributed by atoms with Gasteiger partial charge in [-0.25, -0.2) is 0 Å². The predicted octanol–water partition coefficient (Wildman–Crippen LogP) is 1.30. The third-order valence-electron chi connectivity index (χ3n) is 1.75. The van der Waals surface area contributed by atoms with Crippen LogP contribution in [0.3, 0.4) is 0 Å². The van der Waals surface area contributed by atoms with E-state index in [1.807, 2.05) is 0 Å². The summed E-state index contributed by atoms with van der Waals surface area (Å²) in [4.78, 5) is 2.49. The molecule has 1 nitrogen and oxygen atoms in total. The first-order valence-electron chi connectivity index (χ1n) is 3.47. The number of likely N-dealkylation sites (tertiary alicyclic amines) is 1. The normalized spacial score (nSPS) is 21.0. The Morgan fingerprint density at radius 3 is 2.22 bits per heavy atom. The van der Waals surface area contributed by atoms with Crippen molar-refractivity contribution < 1.29 is 32.7 Å². The third-order valence-corrected chi connectivity index (χ3v) is 1.75.